The number of rotatable bonds is 5. The van der Waals surface area contributed by atoms with Crippen molar-refractivity contribution < 1.29 is 14.5 Å². The molecule has 0 bridgehead atoms. The summed E-state index contributed by atoms with van der Waals surface area (Å²) in [7, 11) is 1.70. The van der Waals surface area contributed by atoms with Crippen LogP contribution < -0.4 is 4.90 Å². The highest BCUT2D eigenvalue weighted by atomic mass is 16.6. The summed E-state index contributed by atoms with van der Waals surface area (Å²) < 4.78 is 5.34. The Bertz CT molecular complexity index is 583. The molecule has 2 fully saturated rings. The minimum atomic E-state index is -0.686. The van der Waals surface area contributed by atoms with Crippen molar-refractivity contribution >= 4 is 11.6 Å². The normalized spacial score (nSPS) is 23.4. The average Bonchev–Trinajstić information content (AvgIpc) is 3.36. The molecule has 0 N–H and O–H groups in total. The van der Waals surface area contributed by atoms with Gasteiger partial charge in [-0.2, -0.15) is 0 Å². The molecule has 1 aliphatic heterocycles. The van der Waals surface area contributed by atoms with E-state index in [9.17, 15) is 14.9 Å². The summed E-state index contributed by atoms with van der Waals surface area (Å²) in [6.45, 7) is 3.75. The summed E-state index contributed by atoms with van der Waals surface area (Å²) in [6, 6.07) is 7.43. The van der Waals surface area contributed by atoms with E-state index in [0.717, 1.165) is 37.6 Å². The molecule has 1 aromatic rings. The molecule has 124 valence electrons. The molecule has 0 spiro atoms. The summed E-state index contributed by atoms with van der Waals surface area (Å²) in [5, 5.41) is 10.7. The van der Waals surface area contributed by atoms with Gasteiger partial charge in [0.05, 0.1) is 13.2 Å². The lowest BCUT2D eigenvalue weighted by Gasteiger charge is -2.29. The van der Waals surface area contributed by atoms with Crippen molar-refractivity contribution in [2.24, 2.45) is 5.92 Å². The lowest BCUT2D eigenvalue weighted by Crippen LogP contribution is -2.36. The predicted octanol–water partition coefficient (Wildman–Crippen LogP) is 1.15. The van der Waals surface area contributed by atoms with Gasteiger partial charge in [-0.05, 0) is 17.7 Å². The van der Waals surface area contributed by atoms with Crippen LogP contribution in [-0.2, 0) is 16.1 Å². The Kier molecular flexibility index (Phi) is 4.47. The van der Waals surface area contributed by atoms with Gasteiger partial charge in [0.1, 0.15) is 5.92 Å². The fourth-order valence-corrected chi connectivity index (χ4v) is 2.95. The van der Waals surface area contributed by atoms with Crippen LogP contribution in [0.5, 0.6) is 0 Å². The Morgan fingerprint density at radius 1 is 1.35 bits per heavy atom. The number of anilines is 1. The van der Waals surface area contributed by atoms with Crippen LogP contribution >= 0.6 is 0 Å². The predicted molar refractivity (Wildman–Crippen MR) is 84.8 cm³/mol. The average molecular weight is 319 g/mol. The molecule has 1 saturated heterocycles. The molecule has 0 unspecified atom stereocenters. The zero-order valence-corrected chi connectivity index (χ0v) is 13.2. The van der Waals surface area contributed by atoms with Crippen LogP contribution in [0.1, 0.15) is 12.0 Å². The van der Waals surface area contributed by atoms with E-state index >= 15 is 0 Å². The lowest BCUT2D eigenvalue weighted by atomic mass is 10.1. The van der Waals surface area contributed by atoms with Gasteiger partial charge in [0.2, 0.25) is 11.9 Å². The summed E-state index contributed by atoms with van der Waals surface area (Å²) >= 11 is 0. The number of hydrogen-bond donors (Lipinski definition) is 0. The van der Waals surface area contributed by atoms with Gasteiger partial charge in [0.15, 0.2) is 0 Å². The number of benzene rings is 1. The minimum absolute atomic E-state index is 0.135. The topological polar surface area (TPSA) is 75.9 Å². The van der Waals surface area contributed by atoms with Gasteiger partial charge in [0.25, 0.3) is 0 Å². The van der Waals surface area contributed by atoms with Crippen LogP contribution in [0.3, 0.4) is 0 Å². The molecule has 7 heteroatoms. The molecule has 1 aromatic carbocycles. The second kappa shape index (κ2) is 6.54. The largest absolute Gasteiger partial charge is 0.378 e. The molecule has 0 radical (unpaired) electrons. The molecule has 7 nitrogen and oxygen atoms in total. The van der Waals surface area contributed by atoms with Gasteiger partial charge in [-0.3, -0.25) is 14.9 Å². The molecular formula is C16H21N3O4. The Morgan fingerprint density at radius 3 is 2.57 bits per heavy atom. The maximum Gasteiger partial charge on any atom is 0.232 e. The highest BCUT2D eigenvalue weighted by Gasteiger charge is 2.54. The van der Waals surface area contributed by atoms with Crippen molar-refractivity contribution in [2.45, 2.75) is 19.0 Å². The zero-order valence-electron chi connectivity index (χ0n) is 13.2. The second-order valence-corrected chi connectivity index (χ2v) is 6.16. The van der Waals surface area contributed by atoms with E-state index in [1.54, 1.807) is 11.9 Å². The number of carbonyl (C=O) groups is 1. The number of nitrogens with zero attached hydrogens (tertiary/aromatic N) is 3. The first-order chi connectivity index (χ1) is 11.1. The Labute approximate surface area is 135 Å². The molecule has 23 heavy (non-hydrogen) atoms. The summed E-state index contributed by atoms with van der Waals surface area (Å²) in [4.78, 5) is 26.3. The molecule has 0 aromatic heterocycles. The number of ether oxygens (including phenoxy) is 1. The van der Waals surface area contributed by atoms with Crippen molar-refractivity contribution in [3.05, 3.63) is 39.9 Å². The van der Waals surface area contributed by atoms with E-state index in [2.05, 4.69) is 17.0 Å². The molecule has 1 heterocycles. The summed E-state index contributed by atoms with van der Waals surface area (Å²) in [5.74, 6) is -0.577. The van der Waals surface area contributed by atoms with Crippen molar-refractivity contribution in [1.29, 1.82) is 0 Å². The van der Waals surface area contributed by atoms with Crippen molar-refractivity contribution in [1.82, 2.24) is 4.90 Å². The first-order valence-corrected chi connectivity index (χ1v) is 7.86. The molecule has 1 aliphatic carbocycles. The van der Waals surface area contributed by atoms with Gasteiger partial charge in [-0.1, -0.05) is 12.1 Å². The van der Waals surface area contributed by atoms with E-state index < -0.39 is 12.0 Å². The van der Waals surface area contributed by atoms with E-state index in [0.29, 0.717) is 13.0 Å². The fraction of sp³-hybridized carbons (Fsp3) is 0.562. The standard InChI is InChI=1S/C16H21N3O4/c1-17(16(20)14-10-15(14)19(21)22)11-12-2-4-13(5-3-12)18-6-8-23-9-7-18/h2-5,14-15H,6-11H2,1H3/t14-,15-/m0/s1. The maximum atomic E-state index is 12.1. The minimum Gasteiger partial charge on any atom is -0.378 e. The van der Waals surface area contributed by atoms with Gasteiger partial charge in [-0.25, -0.2) is 0 Å². The maximum absolute atomic E-state index is 12.1. The highest BCUT2D eigenvalue weighted by Crippen LogP contribution is 2.34. The third-order valence-corrected chi connectivity index (χ3v) is 4.45. The molecule has 2 aliphatic rings. The molecule has 2 atom stereocenters. The third kappa shape index (κ3) is 3.61. The highest BCUT2D eigenvalue weighted by molar-refractivity contribution is 5.81. The Hall–Kier alpha value is -2.15. The molecular weight excluding hydrogens is 298 g/mol. The smallest absolute Gasteiger partial charge is 0.232 e. The van der Waals surface area contributed by atoms with Crippen molar-refractivity contribution in [2.75, 3.05) is 38.3 Å². The second-order valence-electron chi connectivity index (χ2n) is 6.16. The van der Waals surface area contributed by atoms with Crippen LogP contribution in [0.15, 0.2) is 24.3 Å². The van der Waals surface area contributed by atoms with Gasteiger partial charge in [0, 0.05) is 43.7 Å². The van der Waals surface area contributed by atoms with E-state index in [-0.39, 0.29) is 10.8 Å². The fourth-order valence-electron chi connectivity index (χ4n) is 2.95. The first kappa shape index (κ1) is 15.7. The molecule has 3 rings (SSSR count). The lowest BCUT2D eigenvalue weighted by molar-refractivity contribution is -0.497. The van der Waals surface area contributed by atoms with Crippen LogP contribution in [-0.4, -0.2) is 55.1 Å². The van der Waals surface area contributed by atoms with Crippen molar-refractivity contribution in [3.63, 3.8) is 0 Å². The number of nitro groups is 1. The van der Waals surface area contributed by atoms with E-state index in [1.165, 1.54) is 0 Å². The van der Waals surface area contributed by atoms with E-state index in [1.807, 2.05) is 12.1 Å². The van der Waals surface area contributed by atoms with E-state index in [4.69, 9.17) is 4.74 Å². The quantitative estimate of drug-likeness (QED) is 0.601. The number of amides is 1. The number of morpholine rings is 1. The van der Waals surface area contributed by atoms with Crippen LogP contribution in [0.2, 0.25) is 0 Å². The monoisotopic (exact) mass is 319 g/mol. The zero-order chi connectivity index (χ0) is 16.4. The summed E-state index contributed by atoms with van der Waals surface area (Å²) in [6.07, 6.45) is 0.367. The molecule has 1 saturated carbocycles. The van der Waals surface area contributed by atoms with Crippen LogP contribution in [0.25, 0.3) is 0 Å². The number of carbonyl (C=O) groups excluding carboxylic acids is 1. The SMILES string of the molecule is CN(Cc1ccc(N2CCOCC2)cc1)C(=O)[C@H]1C[C@@H]1[N+](=O)[O-]. The van der Waals surface area contributed by atoms with Crippen LogP contribution in [0.4, 0.5) is 5.69 Å². The van der Waals surface area contributed by atoms with Gasteiger partial charge < -0.3 is 14.5 Å². The summed E-state index contributed by atoms with van der Waals surface area (Å²) in [5.41, 5.74) is 2.18. The number of hydrogen-bond acceptors (Lipinski definition) is 5. The first-order valence-electron chi connectivity index (χ1n) is 7.86. The Balaban J connectivity index is 1.55. The van der Waals surface area contributed by atoms with Gasteiger partial charge in [-0.15, -0.1) is 0 Å². The van der Waals surface area contributed by atoms with Gasteiger partial charge >= 0.3 is 0 Å². The third-order valence-electron chi connectivity index (χ3n) is 4.45. The Morgan fingerprint density at radius 2 is 2.00 bits per heavy atom. The van der Waals surface area contributed by atoms with Crippen LogP contribution in [0, 0.1) is 16.0 Å². The van der Waals surface area contributed by atoms with Crippen molar-refractivity contribution in [3.8, 4) is 0 Å². The molecule has 1 amide bonds.